The van der Waals surface area contributed by atoms with Crippen molar-refractivity contribution in [2.75, 3.05) is 18.8 Å². The molecule has 0 unspecified atom stereocenters. The molecule has 0 saturated carbocycles. The van der Waals surface area contributed by atoms with Gasteiger partial charge in [-0.3, -0.25) is 4.90 Å². The molecule has 1 heterocycles. The molecule has 0 aliphatic carbocycles. The van der Waals surface area contributed by atoms with Crippen molar-refractivity contribution in [3.05, 3.63) is 29.3 Å². The molecule has 1 aliphatic rings. The third-order valence-corrected chi connectivity index (χ3v) is 4.50. The molecule has 0 aromatic heterocycles. The number of likely N-dealkylation sites (tertiary alicyclic amines) is 1. The van der Waals surface area contributed by atoms with Gasteiger partial charge in [-0.05, 0) is 42.4 Å². The molecular formula is C15H24N2. The summed E-state index contributed by atoms with van der Waals surface area (Å²) in [7, 11) is 0. The largest absolute Gasteiger partial charge is 0.399 e. The van der Waals surface area contributed by atoms with Gasteiger partial charge in [0.15, 0.2) is 0 Å². The van der Waals surface area contributed by atoms with Gasteiger partial charge in [-0.15, -0.1) is 0 Å². The maximum Gasteiger partial charge on any atom is 0.0346 e. The molecule has 2 N–H and O–H groups in total. The fourth-order valence-electron chi connectivity index (χ4n) is 2.83. The Morgan fingerprint density at radius 1 is 1.24 bits per heavy atom. The standard InChI is InChI=1S/C15H24N2/c1-4-15(5-2)10-17(11-15)9-13-7-6-8-14(16)12(13)3/h6-8H,4-5,9-11,16H2,1-3H3. The molecule has 2 heteroatoms. The van der Waals surface area contributed by atoms with E-state index in [0.29, 0.717) is 5.41 Å². The Bertz CT molecular complexity index is 386. The molecule has 1 aromatic carbocycles. The van der Waals surface area contributed by atoms with Crippen LogP contribution >= 0.6 is 0 Å². The predicted octanol–water partition coefficient (Wildman–Crippen LogP) is 3.20. The quantitative estimate of drug-likeness (QED) is 0.808. The SMILES string of the molecule is CCC1(CC)CN(Cc2cccc(N)c2C)C1. The average molecular weight is 232 g/mol. The van der Waals surface area contributed by atoms with E-state index in [1.807, 2.05) is 6.07 Å². The zero-order valence-corrected chi connectivity index (χ0v) is 11.3. The zero-order valence-electron chi connectivity index (χ0n) is 11.3. The van der Waals surface area contributed by atoms with Gasteiger partial charge < -0.3 is 5.73 Å². The van der Waals surface area contributed by atoms with Crippen LogP contribution in [0.4, 0.5) is 5.69 Å². The number of nitrogen functional groups attached to an aromatic ring is 1. The number of benzene rings is 1. The molecular weight excluding hydrogens is 208 g/mol. The molecule has 1 aliphatic heterocycles. The van der Waals surface area contributed by atoms with Gasteiger partial charge in [-0.1, -0.05) is 26.0 Å². The summed E-state index contributed by atoms with van der Waals surface area (Å²) in [5.74, 6) is 0. The summed E-state index contributed by atoms with van der Waals surface area (Å²) in [5, 5.41) is 0. The van der Waals surface area contributed by atoms with Crippen molar-refractivity contribution in [1.29, 1.82) is 0 Å². The van der Waals surface area contributed by atoms with E-state index in [1.165, 1.54) is 37.1 Å². The Morgan fingerprint density at radius 2 is 1.88 bits per heavy atom. The van der Waals surface area contributed by atoms with E-state index in [1.54, 1.807) is 0 Å². The molecule has 2 rings (SSSR count). The lowest BCUT2D eigenvalue weighted by atomic mass is 9.75. The molecule has 1 saturated heterocycles. The van der Waals surface area contributed by atoms with Gasteiger partial charge >= 0.3 is 0 Å². The van der Waals surface area contributed by atoms with Crippen molar-refractivity contribution in [3.8, 4) is 0 Å². The van der Waals surface area contributed by atoms with Gasteiger partial charge in [-0.25, -0.2) is 0 Å². The third kappa shape index (κ3) is 2.32. The van der Waals surface area contributed by atoms with Gasteiger partial charge in [0.25, 0.3) is 0 Å². The molecule has 0 radical (unpaired) electrons. The van der Waals surface area contributed by atoms with Crippen molar-refractivity contribution in [2.24, 2.45) is 5.41 Å². The third-order valence-electron chi connectivity index (χ3n) is 4.50. The summed E-state index contributed by atoms with van der Waals surface area (Å²) in [6.07, 6.45) is 2.60. The van der Waals surface area contributed by atoms with E-state index in [-0.39, 0.29) is 0 Å². The van der Waals surface area contributed by atoms with E-state index >= 15 is 0 Å². The van der Waals surface area contributed by atoms with Crippen LogP contribution in [0, 0.1) is 12.3 Å². The normalized spacial score (nSPS) is 19.0. The van der Waals surface area contributed by atoms with Gasteiger partial charge in [0.2, 0.25) is 0 Å². The maximum absolute atomic E-state index is 5.94. The second kappa shape index (κ2) is 4.69. The van der Waals surface area contributed by atoms with Crippen LogP contribution < -0.4 is 5.73 Å². The highest BCUT2D eigenvalue weighted by atomic mass is 15.2. The second-order valence-corrected chi connectivity index (χ2v) is 5.48. The Kier molecular flexibility index (Phi) is 3.43. The molecule has 0 atom stereocenters. The monoisotopic (exact) mass is 232 g/mol. The zero-order chi connectivity index (χ0) is 12.5. The van der Waals surface area contributed by atoms with Crippen molar-refractivity contribution in [2.45, 2.75) is 40.2 Å². The molecule has 2 nitrogen and oxygen atoms in total. The van der Waals surface area contributed by atoms with Crippen molar-refractivity contribution in [1.82, 2.24) is 4.90 Å². The van der Waals surface area contributed by atoms with Crippen LogP contribution in [0.3, 0.4) is 0 Å². The molecule has 0 bridgehead atoms. The molecule has 1 aromatic rings. The predicted molar refractivity (Wildman–Crippen MR) is 73.9 cm³/mol. The number of rotatable bonds is 4. The van der Waals surface area contributed by atoms with Crippen molar-refractivity contribution >= 4 is 5.69 Å². The first-order valence-electron chi connectivity index (χ1n) is 6.66. The minimum Gasteiger partial charge on any atom is -0.399 e. The Labute approximate surface area is 105 Å². The van der Waals surface area contributed by atoms with Gasteiger partial charge in [0, 0.05) is 25.3 Å². The van der Waals surface area contributed by atoms with Crippen LogP contribution in [0.5, 0.6) is 0 Å². The summed E-state index contributed by atoms with van der Waals surface area (Å²) < 4.78 is 0. The highest BCUT2D eigenvalue weighted by molar-refractivity contribution is 5.49. The Balaban J connectivity index is 1.98. The van der Waals surface area contributed by atoms with E-state index in [4.69, 9.17) is 5.73 Å². The summed E-state index contributed by atoms with van der Waals surface area (Å²) in [6, 6.07) is 6.24. The topological polar surface area (TPSA) is 29.3 Å². The highest BCUT2D eigenvalue weighted by Gasteiger charge is 2.39. The first kappa shape index (κ1) is 12.4. The van der Waals surface area contributed by atoms with Crippen LogP contribution in [-0.4, -0.2) is 18.0 Å². The van der Waals surface area contributed by atoms with Gasteiger partial charge in [0.1, 0.15) is 0 Å². The minimum absolute atomic E-state index is 0.591. The van der Waals surface area contributed by atoms with E-state index in [2.05, 4.69) is 37.8 Å². The lowest BCUT2D eigenvalue weighted by Gasteiger charge is -2.50. The average Bonchev–Trinajstić information content (AvgIpc) is 2.29. The molecule has 1 fully saturated rings. The molecule has 94 valence electrons. The minimum atomic E-state index is 0.591. The van der Waals surface area contributed by atoms with Crippen LogP contribution in [-0.2, 0) is 6.54 Å². The highest BCUT2D eigenvalue weighted by Crippen LogP contribution is 2.38. The first-order valence-corrected chi connectivity index (χ1v) is 6.66. The summed E-state index contributed by atoms with van der Waals surface area (Å²) in [5.41, 5.74) is 10.1. The Morgan fingerprint density at radius 3 is 2.47 bits per heavy atom. The number of anilines is 1. The van der Waals surface area contributed by atoms with Gasteiger partial charge in [0.05, 0.1) is 0 Å². The van der Waals surface area contributed by atoms with Crippen LogP contribution in [0.2, 0.25) is 0 Å². The van der Waals surface area contributed by atoms with E-state index in [0.717, 1.165) is 12.2 Å². The van der Waals surface area contributed by atoms with Crippen LogP contribution in [0.1, 0.15) is 37.8 Å². The smallest absolute Gasteiger partial charge is 0.0346 e. The lowest BCUT2D eigenvalue weighted by molar-refractivity contribution is -0.0121. The van der Waals surface area contributed by atoms with Crippen LogP contribution in [0.25, 0.3) is 0 Å². The molecule has 17 heavy (non-hydrogen) atoms. The van der Waals surface area contributed by atoms with Crippen molar-refractivity contribution < 1.29 is 0 Å². The van der Waals surface area contributed by atoms with E-state index < -0.39 is 0 Å². The van der Waals surface area contributed by atoms with Gasteiger partial charge in [-0.2, -0.15) is 0 Å². The molecule has 0 spiro atoms. The van der Waals surface area contributed by atoms with E-state index in [9.17, 15) is 0 Å². The summed E-state index contributed by atoms with van der Waals surface area (Å²) in [6.45, 7) is 10.3. The number of hydrogen-bond acceptors (Lipinski definition) is 2. The fourth-order valence-corrected chi connectivity index (χ4v) is 2.83. The number of hydrogen-bond donors (Lipinski definition) is 1. The second-order valence-electron chi connectivity index (χ2n) is 5.48. The number of nitrogens with zero attached hydrogens (tertiary/aromatic N) is 1. The summed E-state index contributed by atoms with van der Waals surface area (Å²) in [4.78, 5) is 2.54. The number of nitrogens with two attached hydrogens (primary N) is 1. The molecule has 0 amide bonds. The summed E-state index contributed by atoms with van der Waals surface area (Å²) >= 11 is 0. The lowest BCUT2D eigenvalue weighted by Crippen LogP contribution is -2.55. The maximum atomic E-state index is 5.94. The van der Waals surface area contributed by atoms with Crippen LogP contribution in [0.15, 0.2) is 18.2 Å². The Hall–Kier alpha value is -1.02. The first-order chi connectivity index (χ1) is 8.10. The fraction of sp³-hybridized carbons (Fsp3) is 0.600. The van der Waals surface area contributed by atoms with Crippen molar-refractivity contribution in [3.63, 3.8) is 0 Å².